The zero-order valence-electron chi connectivity index (χ0n) is 10.9. The third kappa shape index (κ3) is 2.40. The summed E-state index contributed by atoms with van der Waals surface area (Å²) in [5.41, 5.74) is 0.844. The molecule has 0 aliphatic rings. The van der Waals surface area contributed by atoms with Crippen molar-refractivity contribution in [1.82, 2.24) is 14.6 Å². The van der Waals surface area contributed by atoms with Crippen LogP contribution >= 0.6 is 15.9 Å². The van der Waals surface area contributed by atoms with Crippen molar-refractivity contribution in [1.29, 1.82) is 0 Å². The van der Waals surface area contributed by atoms with E-state index in [2.05, 4.69) is 26.0 Å². The normalized spacial score (nSPS) is 10.8. The van der Waals surface area contributed by atoms with Crippen molar-refractivity contribution in [3.63, 3.8) is 0 Å². The van der Waals surface area contributed by atoms with Crippen LogP contribution in [0.4, 0.5) is 4.39 Å². The van der Waals surface area contributed by atoms with E-state index in [0.29, 0.717) is 10.1 Å². The zero-order valence-corrected chi connectivity index (χ0v) is 12.5. The van der Waals surface area contributed by atoms with E-state index in [-0.39, 0.29) is 17.0 Å². The lowest BCUT2D eigenvalue weighted by Crippen LogP contribution is -2.04. The van der Waals surface area contributed by atoms with Crippen LogP contribution in [-0.4, -0.2) is 27.7 Å². The Labute approximate surface area is 127 Å². The van der Waals surface area contributed by atoms with Crippen LogP contribution in [0.25, 0.3) is 17.0 Å². The topological polar surface area (TPSA) is 56.5 Å². The molecule has 3 aromatic rings. The molecule has 0 aliphatic carbocycles. The van der Waals surface area contributed by atoms with Gasteiger partial charge in [-0.25, -0.2) is 18.7 Å². The van der Waals surface area contributed by atoms with Crippen LogP contribution in [0.15, 0.2) is 41.0 Å². The van der Waals surface area contributed by atoms with Crippen LogP contribution < -0.4 is 0 Å². The SMILES string of the molecule is COC(=O)c1cccn2nc(-c3cc(Br)ccc3F)nc12. The highest BCUT2D eigenvalue weighted by Gasteiger charge is 2.17. The molecule has 2 aromatic heterocycles. The molecule has 7 heteroatoms. The number of rotatable bonds is 2. The molecule has 0 amide bonds. The van der Waals surface area contributed by atoms with Crippen LogP contribution in [0.2, 0.25) is 0 Å². The van der Waals surface area contributed by atoms with Gasteiger partial charge in [0.05, 0.1) is 12.7 Å². The molecule has 3 rings (SSSR count). The predicted octanol–water partition coefficient (Wildman–Crippen LogP) is 3.08. The zero-order chi connectivity index (χ0) is 15.0. The first kappa shape index (κ1) is 13.7. The predicted molar refractivity (Wildman–Crippen MR) is 77.4 cm³/mol. The Morgan fingerprint density at radius 1 is 1.38 bits per heavy atom. The second-order valence-corrected chi connectivity index (χ2v) is 5.16. The Morgan fingerprint density at radius 2 is 2.19 bits per heavy atom. The lowest BCUT2D eigenvalue weighted by molar-refractivity contribution is 0.0602. The molecule has 0 saturated carbocycles. The lowest BCUT2D eigenvalue weighted by atomic mass is 10.2. The summed E-state index contributed by atoms with van der Waals surface area (Å²) < 4.78 is 20.7. The van der Waals surface area contributed by atoms with Gasteiger partial charge in [0, 0.05) is 10.7 Å². The van der Waals surface area contributed by atoms with Crippen molar-refractivity contribution in [3.05, 3.63) is 52.4 Å². The number of nitrogens with zero attached hydrogens (tertiary/aromatic N) is 3. The maximum atomic E-state index is 13.9. The Kier molecular flexibility index (Phi) is 3.42. The van der Waals surface area contributed by atoms with Gasteiger partial charge in [-0.05, 0) is 30.3 Å². The molecular weight excluding hydrogens is 341 g/mol. The molecule has 106 valence electrons. The molecule has 5 nitrogen and oxygen atoms in total. The standard InChI is InChI=1S/C14H9BrFN3O2/c1-21-14(20)9-3-2-6-19-13(9)17-12(18-19)10-7-8(15)4-5-11(10)16/h2-7H,1H3. The number of hydrogen-bond donors (Lipinski definition) is 0. The molecule has 0 atom stereocenters. The van der Waals surface area contributed by atoms with Gasteiger partial charge in [-0.15, -0.1) is 5.10 Å². The third-order valence-corrected chi connectivity index (χ3v) is 3.43. The summed E-state index contributed by atoms with van der Waals surface area (Å²) in [5, 5.41) is 4.20. The van der Waals surface area contributed by atoms with Crippen LogP contribution in [0.1, 0.15) is 10.4 Å². The lowest BCUT2D eigenvalue weighted by Gasteiger charge is -1.99. The highest BCUT2D eigenvalue weighted by atomic mass is 79.9. The monoisotopic (exact) mass is 349 g/mol. The van der Waals surface area contributed by atoms with Gasteiger partial charge in [-0.1, -0.05) is 15.9 Å². The van der Waals surface area contributed by atoms with Crippen LogP contribution in [0, 0.1) is 5.82 Å². The molecule has 0 aliphatic heterocycles. The minimum atomic E-state index is -0.519. The van der Waals surface area contributed by atoms with Crippen molar-refractivity contribution in [2.45, 2.75) is 0 Å². The quantitative estimate of drug-likeness (QED) is 0.667. The summed E-state index contributed by atoms with van der Waals surface area (Å²) in [6.45, 7) is 0. The maximum absolute atomic E-state index is 13.9. The van der Waals surface area contributed by atoms with E-state index in [9.17, 15) is 9.18 Å². The Bertz CT molecular complexity index is 847. The van der Waals surface area contributed by atoms with Gasteiger partial charge in [0.15, 0.2) is 11.5 Å². The van der Waals surface area contributed by atoms with Crippen molar-refractivity contribution in [3.8, 4) is 11.4 Å². The minimum Gasteiger partial charge on any atom is -0.465 e. The van der Waals surface area contributed by atoms with Crippen LogP contribution in [-0.2, 0) is 4.74 Å². The van der Waals surface area contributed by atoms with E-state index in [1.165, 1.54) is 17.7 Å². The summed E-state index contributed by atoms with van der Waals surface area (Å²) in [4.78, 5) is 16.0. The number of ether oxygens (including phenoxy) is 1. The van der Waals surface area contributed by atoms with Crippen molar-refractivity contribution >= 4 is 27.5 Å². The molecule has 0 bridgehead atoms. The molecule has 0 spiro atoms. The van der Waals surface area contributed by atoms with Gasteiger partial charge >= 0.3 is 5.97 Å². The number of fused-ring (bicyclic) bond motifs is 1. The molecule has 0 saturated heterocycles. The Balaban J connectivity index is 2.22. The summed E-state index contributed by atoms with van der Waals surface area (Å²) in [6.07, 6.45) is 1.63. The van der Waals surface area contributed by atoms with Gasteiger partial charge < -0.3 is 4.74 Å². The summed E-state index contributed by atoms with van der Waals surface area (Å²) in [5.74, 6) is -0.756. The third-order valence-electron chi connectivity index (χ3n) is 2.94. The highest BCUT2D eigenvalue weighted by molar-refractivity contribution is 9.10. The minimum absolute atomic E-state index is 0.199. The van der Waals surface area contributed by atoms with Gasteiger partial charge in [-0.2, -0.15) is 0 Å². The van der Waals surface area contributed by atoms with E-state index < -0.39 is 11.8 Å². The van der Waals surface area contributed by atoms with Crippen LogP contribution in [0.5, 0.6) is 0 Å². The van der Waals surface area contributed by atoms with E-state index in [1.54, 1.807) is 30.5 Å². The van der Waals surface area contributed by atoms with E-state index in [0.717, 1.165) is 0 Å². The molecule has 21 heavy (non-hydrogen) atoms. The van der Waals surface area contributed by atoms with Gasteiger partial charge in [0.1, 0.15) is 11.4 Å². The van der Waals surface area contributed by atoms with Gasteiger partial charge in [0.2, 0.25) is 0 Å². The molecule has 0 unspecified atom stereocenters. The molecule has 1 aromatic carbocycles. The average molecular weight is 350 g/mol. The van der Waals surface area contributed by atoms with E-state index in [1.807, 2.05) is 0 Å². The number of pyridine rings is 1. The maximum Gasteiger partial charge on any atom is 0.341 e. The smallest absolute Gasteiger partial charge is 0.341 e. The fourth-order valence-electron chi connectivity index (χ4n) is 1.96. The second kappa shape index (κ2) is 5.25. The first-order chi connectivity index (χ1) is 10.1. The fraction of sp³-hybridized carbons (Fsp3) is 0.0714. The summed E-state index contributed by atoms with van der Waals surface area (Å²) >= 11 is 3.28. The number of aromatic nitrogens is 3. The Hall–Kier alpha value is -2.28. The fourth-order valence-corrected chi connectivity index (χ4v) is 2.32. The number of methoxy groups -OCH3 is 1. The van der Waals surface area contributed by atoms with Crippen molar-refractivity contribution in [2.75, 3.05) is 7.11 Å². The molecule has 0 N–H and O–H groups in total. The molecular formula is C14H9BrFN3O2. The highest BCUT2D eigenvalue weighted by Crippen LogP contribution is 2.24. The molecule has 0 radical (unpaired) electrons. The summed E-state index contributed by atoms with van der Waals surface area (Å²) in [7, 11) is 1.29. The second-order valence-electron chi connectivity index (χ2n) is 4.24. The number of carbonyl (C=O) groups is 1. The first-order valence-electron chi connectivity index (χ1n) is 5.99. The molecule has 0 fully saturated rings. The average Bonchev–Trinajstić information content (AvgIpc) is 2.92. The molecule has 2 heterocycles. The van der Waals surface area contributed by atoms with E-state index in [4.69, 9.17) is 4.74 Å². The Morgan fingerprint density at radius 3 is 2.95 bits per heavy atom. The number of halogens is 2. The van der Waals surface area contributed by atoms with Gasteiger partial charge in [-0.3, -0.25) is 0 Å². The number of benzene rings is 1. The van der Waals surface area contributed by atoms with Gasteiger partial charge in [0.25, 0.3) is 0 Å². The summed E-state index contributed by atoms with van der Waals surface area (Å²) in [6, 6.07) is 7.73. The van der Waals surface area contributed by atoms with Crippen LogP contribution in [0.3, 0.4) is 0 Å². The van der Waals surface area contributed by atoms with E-state index >= 15 is 0 Å². The number of esters is 1. The van der Waals surface area contributed by atoms with Crippen molar-refractivity contribution in [2.24, 2.45) is 0 Å². The van der Waals surface area contributed by atoms with Crippen molar-refractivity contribution < 1.29 is 13.9 Å². The number of hydrogen-bond acceptors (Lipinski definition) is 4. The number of carbonyl (C=O) groups excluding carboxylic acids is 1. The largest absolute Gasteiger partial charge is 0.465 e. The first-order valence-corrected chi connectivity index (χ1v) is 6.78.